The Labute approximate surface area is 110 Å². The van der Waals surface area contributed by atoms with Gasteiger partial charge in [-0.15, -0.1) is 0 Å². The van der Waals surface area contributed by atoms with E-state index in [1.54, 1.807) is 13.2 Å². The number of rotatable bonds is 1. The second kappa shape index (κ2) is 3.98. The summed E-state index contributed by atoms with van der Waals surface area (Å²) in [4.78, 5) is 11.7. The highest BCUT2D eigenvalue weighted by Gasteiger charge is 2.39. The Balaban J connectivity index is 2.26. The maximum atomic E-state index is 11.7. The summed E-state index contributed by atoms with van der Waals surface area (Å²) in [6.07, 6.45) is 1.80. The average Bonchev–Trinajstić information content (AvgIpc) is 2.41. The third-order valence-electron chi connectivity index (χ3n) is 4.21. The molecule has 0 radical (unpaired) electrons. The second-order valence-electron chi connectivity index (χ2n) is 5.23. The molecule has 1 atom stereocenters. The fraction of sp³-hybridized carbons (Fsp3) is 0.438. The maximum absolute atomic E-state index is 11.7. The van der Waals surface area contributed by atoms with E-state index in [9.17, 15) is 4.79 Å². The molecule has 2 heteroatoms. The van der Waals surface area contributed by atoms with Crippen molar-refractivity contribution in [3.8, 4) is 5.75 Å². The number of fused-ring (bicyclic) bond motifs is 3. The van der Waals surface area contributed by atoms with Gasteiger partial charge in [-0.2, -0.15) is 0 Å². The molecule has 0 amide bonds. The fourth-order valence-electron chi connectivity index (χ4n) is 2.96. The molecule has 0 heterocycles. The normalized spacial score (nSPS) is 30.6. The van der Waals surface area contributed by atoms with Gasteiger partial charge in [0.15, 0.2) is 5.78 Å². The van der Waals surface area contributed by atoms with Gasteiger partial charge in [-0.3, -0.25) is 4.79 Å². The molecule has 1 aromatic rings. The second-order valence-corrected chi connectivity index (χ2v) is 5.23. The predicted molar refractivity (Wildman–Crippen MR) is 71.0 cm³/mol. The number of benzene rings is 1. The highest BCUT2D eigenvalue weighted by atomic mass is 16.5. The Kier molecular flexibility index (Phi) is 2.07. The molecule has 0 aliphatic heterocycles. The monoisotopic (exact) mass is 244 g/mol. The number of aryl methyl sites for hydroxylation is 1. The highest BCUT2D eigenvalue weighted by Crippen LogP contribution is 2.47. The first kappa shape index (κ1) is 9.37. The van der Waals surface area contributed by atoms with Crippen LogP contribution in [-0.4, -0.2) is 12.9 Å². The van der Waals surface area contributed by atoms with Gasteiger partial charge < -0.3 is 4.74 Å². The van der Waals surface area contributed by atoms with Crippen molar-refractivity contribution in [3.05, 3.63) is 41.0 Å². The molecular weight excluding hydrogens is 224 g/mol. The van der Waals surface area contributed by atoms with Crippen molar-refractivity contribution in [3.63, 3.8) is 0 Å². The first-order valence-corrected chi connectivity index (χ1v) is 6.30. The van der Waals surface area contributed by atoms with E-state index in [-0.39, 0.29) is 11.2 Å². The zero-order valence-electron chi connectivity index (χ0n) is 12.7. The molecule has 2 aliphatic rings. The van der Waals surface area contributed by atoms with Gasteiger partial charge in [0, 0.05) is 14.6 Å². The van der Waals surface area contributed by atoms with Crippen LogP contribution in [0.1, 0.15) is 40.1 Å². The molecule has 0 aromatic heterocycles. The molecule has 0 saturated heterocycles. The van der Waals surface area contributed by atoms with E-state index in [1.165, 1.54) is 0 Å². The molecule has 0 saturated carbocycles. The van der Waals surface area contributed by atoms with Crippen LogP contribution in [0.15, 0.2) is 29.8 Å². The van der Waals surface area contributed by atoms with Gasteiger partial charge in [-0.1, -0.05) is 18.6 Å². The first-order valence-electron chi connectivity index (χ1n) is 7.30. The van der Waals surface area contributed by atoms with Gasteiger partial charge in [0.05, 0.1) is 7.11 Å². The van der Waals surface area contributed by atoms with Crippen LogP contribution in [0.4, 0.5) is 0 Å². The minimum Gasteiger partial charge on any atom is -0.497 e. The third-order valence-corrected chi connectivity index (χ3v) is 4.21. The van der Waals surface area contributed by atoms with Crippen molar-refractivity contribution >= 4 is 5.78 Å². The van der Waals surface area contributed by atoms with Gasteiger partial charge in [-0.05, 0) is 48.6 Å². The highest BCUT2D eigenvalue weighted by molar-refractivity contribution is 5.92. The summed E-state index contributed by atoms with van der Waals surface area (Å²) < 4.78 is 21.9. The van der Waals surface area contributed by atoms with Crippen molar-refractivity contribution in [1.82, 2.24) is 0 Å². The van der Waals surface area contributed by atoms with Crippen molar-refractivity contribution in [2.24, 2.45) is 0 Å². The number of allylic oxidation sites excluding steroid dienone is 2. The Morgan fingerprint density at radius 1 is 1.39 bits per heavy atom. The molecule has 0 fully saturated rings. The van der Waals surface area contributed by atoms with Crippen LogP contribution in [0, 0.1) is 0 Å². The van der Waals surface area contributed by atoms with Crippen molar-refractivity contribution < 1.29 is 12.3 Å². The molecule has 1 aromatic carbocycles. The minimum atomic E-state index is -1.43. The minimum absolute atomic E-state index is 0.111. The number of ketones is 1. The molecule has 94 valence electrons. The molecule has 3 rings (SSSR count). The van der Waals surface area contributed by atoms with Crippen LogP contribution in [0.25, 0.3) is 0 Å². The fourth-order valence-corrected chi connectivity index (χ4v) is 2.96. The summed E-state index contributed by atoms with van der Waals surface area (Å²) in [6.45, 7) is 2.11. The zero-order chi connectivity index (χ0) is 14.5. The smallest absolute Gasteiger partial charge is 0.155 e. The summed E-state index contributed by atoms with van der Waals surface area (Å²) in [5.41, 5.74) is 2.36. The Hall–Kier alpha value is -1.57. The lowest BCUT2D eigenvalue weighted by molar-refractivity contribution is -0.115. The van der Waals surface area contributed by atoms with E-state index >= 15 is 0 Å². The van der Waals surface area contributed by atoms with Crippen molar-refractivity contribution in [1.29, 1.82) is 0 Å². The van der Waals surface area contributed by atoms with Gasteiger partial charge in [-0.25, -0.2) is 0 Å². The number of ether oxygens (including phenoxy) is 1. The summed E-state index contributed by atoms with van der Waals surface area (Å²) in [7, 11) is 1.61. The number of carbonyl (C=O) groups is 1. The predicted octanol–water partition coefficient (Wildman–Crippen LogP) is 3.19. The van der Waals surface area contributed by atoms with Crippen LogP contribution in [0.3, 0.4) is 0 Å². The summed E-state index contributed by atoms with van der Waals surface area (Å²) in [5.74, 6) is 0.846. The molecule has 0 N–H and O–H groups in total. The largest absolute Gasteiger partial charge is 0.497 e. The maximum Gasteiger partial charge on any atom is 0.155 e. The summed E-state index contributed by atoms with van der Waals surface area (Å²) in [5, 5.41) is 0. The third kappa shape index (κ3) is 1.59. The Bertz CT molecular complexity index is 619. The Morgan fingerprint density at radius 3 is 3.00 bits per heavy atom. The molecule has 1 unspecified atom stereocenters. The van der Waals surface area contributed by atoms with E-state index in [4.69, 9.17) is 7.48 Å². The van der Waals surface area contributed by atoms with Crippen LogP contribution in [0.5, 0.6) is 5.75 Å². The number of hydrogen-bond donors (Lipinski definition) is 0. The van der Waals surface area contributed by atoms with E-state index < -0.39 is 6.37 Å². The number of hydrogen-bond acceptors (Lipinski definition) is 2. The standard InChI is InChI=1S/C16H18O2/c1-16-8-7-13(17)9-12(16)5-3-11-4-6-14(18-2)10-15(11)16/h4,6,9-10H,3,5,7-8H2,1-2H3/i3D2. The molecule has 0 spiro atoms. The summed E-state index contributed by atoms with van der Waals surface area (Å²) in [6, 6.07) is 5.56. The van der Waals surface area contributed by atoms with E-state index in [0.29, 0.717) is 12.8 Å². The SMILES string of the molecule is [2H]C1([2H])CC2=CC(=O)CCC2(C)c2cc(OC)ccc21. The molecule has 2 aliphatic carbocycles. The lowest BCUT2D eigenvalue weighted by Gasteiger charge is -2.41. The number of carbonyl (C=O) groups excluding carboxylic acids is 1. The quantitative estimate of drug-likeness (QED) is 0.758. The molecular formula is C16H18O2. The molecule has 2 nitrogen and oxygen atoms in total. The van der Waals surface area contributed by atoms with Gasteiger partial charge in [0.25, 0.3) is 0 Å². The van der Waals surface area contributed by atoms with Crippen molar-refractivity contribution in [2.75, 3.05) is 7.11 Å². The van der Waals surface area contributed by atoms with Crippen LogP contribution >= 0.6 is 0 Å². The lowest BCUT2D eigenvalue weighted by atomic mass is 9.63. The van der Waals surface area contributed by atoms with E-state index in [2.05, 4.69) is 6.92 Å². The molecule has 0 bridgehead atoms. The van der Waals surface area contributed by atoms with Gasteiger partial charge in [0.1, 0.15) is 5.75 Å². The first-order chi connectivity index (χ1) is 9.37. The van der Waals surface area contributed by atoms with E-state index in [0.717, 1.165) is 28.9 Å². The Morgan fingerprint density at radius 2 is 2.22 bits per heavy atom. The van der Waals surface area contributed by atoms with Crippen molar-refractivity contribution in [2.45, 2.75) is 38.0 Å². The lowest BCUT2D eigenvalue weighted by Crippen LogP contribution is -2.34. The zero-order valence-corrected chi connectivity index (χ0v) is 10.7. The summed E-state index contributed by atoms with van der Waals surface area (Å²) >= 11 is 0. The van der Waals surface area contributed by atoms with E-state index in [1.807, 2.05) is 18.2 Å². The number of methoxy groups -OCH3 is 1. The van der Waals surface area contributed by atoms with Crippen LogP contribution < -0.4 is 4.74 Å². The average molecular weight is 244 g/mol. The van der Waals surface area contributed by atoms with Crippen LogP contribution in [-0.2, 0) is 16.6 Å². The molecule has 18 heavy (non-hydrogen) atoms. The van der Waals surface area contributed by atoms with Crippen LogP contribution in [0.2, 0.25) is 0 Å². The topological polar surface area (TPSA) is 26.3 Å². The van der Waals surface area contributed by atoms with Gasteiger partial charge >= 0.3 is 0 Å². The van der Waals surface area contributed by atoms with Gasteiger partial charge in [0.2, 0.25) is 0 Å².